The van der Waals surface area contributed by atoms with Gasteiger partial charge in [0.1, 0.15) is 0 Å². The van der Waals surface area contributed by atoms with Gasteiger partial charge in [-0.2, -0.15) is 0 Å². The van der Waals surface area contributed by atoms with Gasteiger partial charge in [0.05, 0.1) is 11.3 Å². The fourth-order valence-electron chi connectivity index (χ4n) is 1.78. The third kappa shape index (κ3) is 3.56. The Kier molecular flexibility index (Phi) is 4.62. The first-order valence-electron chi connectivity index (χ1n) is 6.03. The van der Waals surface area contributed by atoms with Crippen molar-refractivity contribution in [3.8, 4) is 0 Å². The van der Waals surface area contributed by atoms with Crippen molar-refractivity contribution in [3.63, 3.8) is 0 Å². The van der Waals surface area contributed by atoms with Gasteiger partial charge < -0.3 is 5.32 Å². The zero-order valence-electron chi connectivity index (χ0n) is 11.9. The van der Waals surface area contributed by atoms with E-state index >= 15 is 0 Å². The van der Waals surface area contributed by atoms with E-state index in [1.165, 1.54) is 11.1 Å². The van der Waals surface area contributed by atoms with Crippen molar-refractivity contribution in [2.75, 3.05) is 13.3 Å². The Morgan fingerprint density at radius 1 is 1.28 bits per heavy atom. The minimum absolute atomic E-state index is 0.107. The molecule has 1 rings (SSSR count). The number of hydrogen-bond acceptors (Lipinski definition) is 4. The average Bonchev–Trinajstić information content (AvgIpc) is 2.66. The lowest BCUT2D eigenvalue weighted by atomic mass is 9.95. The molecule has 1 aromatic heterocycles. The van der Waals surface area contributed by atoms with E-state index in [2.05, 4.69) is 32.2 Å². The lowest BCUT2D eigenvalue weighted by Gasteiger charge is -2.21. The molecule has 1 heterocycles. The first kappa shape index (κ1) is 15.7. The number of thiophene rings is 1. The lowest BCUT2D eigenvalue weighted by Crippen LogP contribution is -2.32. The highest BCUT2D eigenvalue weighted by Crippen LogP contribution is 2.34. The lowest BCUT2D eigenvalue weighted by molar-refractivity contribution is 0.540. The summed E-state index contributed by atoms with van der Waals surface area (Å²) in [5.41, 5.74) is 0.107. The molecule has 1 N–H and O–H groups in total. The van der Waals surface area contributed by atoms with E-state index in [4.69, 9.17) is 0 Å². The van der Waals surface area contributed by atoms with E-state index in [1.807, 2.05) is 13.1 Å². The summed E-state index contributed by atoms with van der Waals surface area (Å²) in [6.45, 7) is 8.25. The van der Waals surface area contributed by atoms with Crippen molar-refractivity contribution < 1.29 is 8.42 Å². The summed E-state index contributed by atoms with van der Waals surface area (Å²) in [6.07, 6.45) is 1.29. The fourth-order valence-corrected chi connectivity index (χ4v) is 3.92. The normalized spacial score (nSPS) is 16.6. The molecule has 18 heavy (non-hydrogen) atoms. The Morgan fingerprint density at radius 3 is 2.17 bits per heavy atom. The van der Waals surface area contributed by atoms with Crippen molar-refractivity contribution >= 4 is 21.2 Å². The van der Waals surface area contributed by atoms with Crippen LogP contribution in [-0.4, -0.2) is 27.0 Å². The molecule has 0 fully saturated rings. The topological polar surface area (TPSA) is 46.2 Å². The largest absolute Gasteiger partial charge is 0.311 e. The van der Waals surface area contributed by atoms with E-state index in [-0.39, 0.29) is 11.5 Å². The maximum atomic E-state index is 11.7. The zero-order chi connectivity index (χ0) is 14.1. The minimum atomic E-state index is -3.04. The van der Waals surface area contributed by atoms with E-state index < -0.39 is 15.1 Å². The second-order valence-electron chi connectivity index (χ2n) is 5.75. The minimum Gasteiger partial charge on any atom is -0.311 e. The van der Waals surface area contributed by atoms with Crippen LogP contribution in [0, 0.1) is 0 Å². The molecule has 0 saturated carbocycles. The molecular weight excluding hydrogens is 266 g/mol. The van der Waals surface area contributed by atoms with Crippen molar-refractivity contribution in [2.45, 2.75) is 44.4 Å². The van der Waals surface area contributed by atoms with Crippen LogP contribution in [0.3, 0.4) is 0 Å². The molecule has 5 heteroatoms. The highest BCUT2D eigenvalue weighted by molar-refractivity contribution is 7.91. The van der Waals surface area contributed by atoms with Gasteiger partial charge in [-0.15, -0.1) is 11.3 Å². The van der Waals surface area contributed by atoms with E-state index in [0.29, 0.717) is 0 Å². The summed E-state index contributed by atoms with van der Waals surface area (Å²) in [6, 6.07) is 3.99. The molecule has 0 bridgehead atoms. The van der Waals surface area contributed by atoms with E-state index in [9.17, 15) is 8.42 Å². The van der Waals surface area contributed by atoms with Gasteiger partial charge in [-0.3, -0.25) is 0 Å². The van der Waals surface area contributed by atoms with Crippen molar-refractivity contribution in [2.24, 2.45) is 0 Å². The van der Waals surface area contributed by atoms with Crippen LogP contribution < -0.4 is 5.32 Å². The summed E-state index contributed by atoms with van der Waals surface area (Å²) in [7, 11) is -1.24. The second-order valence-corrected chi connectivity index (χ2v) is 9.27. The summed E-state index contributed by atoms with van der Waals surface area (Å²) < 4.78 is 23.3. The average molecular weight is 289 g/mol. The molecule has 1 aromatic rings. The molecule has 0 spiro atoms. The zero-order valence-corrected chi connectivity index (χ0v) is 13.6. The van der Waals surface area contributed by atoms with Gasteiger partial charge in [0.25, 0.3) is 0 Å². The predicted octanol–water partition coefficient (Wildman–Crippen LogP) is 2.74. The van der Waals surface area contributed by atoms with Gasteiger partial charge in [-0.1, -0.05) is 20.8 Å². The Labute approximate surface area is 115 Å². The Bertz CT molecular complexity index is 497. The van der Waals surface area contributed by atoms with Crippen LogP contribution in [0.4, 0.5) is 0 Å². The molecule has 0 aliphatic carbocycles. The van der Waals surface area contributed by atoms with E-state index in [1.54, 1.807) is 18.3 Å². The summed E-state index contributed by atoms with van der Waals surface area (Å²) >= 11 is 1.69. The highest BCUT2D eigenvalue weighted by Gasteiger charge is 2.28. The Hall–Kier alpha value is -0.390. The fraction of sp³-hybridized carbons (Fsp3) is 0.692. The molecule has 0 aliphatic rings. The molecule has 0 saturated heterocycles. The summed E-state index contributed by atoms with van der Waals surface area (Å²) in [4.78, 5) is 2.36. The van der Waals surface area contributed by atoms with Crippen molar-refractivity contribution in [1.29, 1.82) is 0 Å². The van der Waals surface area contributed by atoms with Crippen LogP contribution in [0.2, 0.25) is 0 Å². The number of rotatable bonds is 4. The summed E-state index contributed by atoms with van der Waals surface area (Å²) in [5.74, 6) is 0. The smallest absolute Gasteiger partial charge is 0.151 e. The van der Waals surface area contributed by atoms with Gasteiger partial charge in [-0.05, 0) is 31.5 Å². The molecule has 3 nitrogen and oxygen atoms in total. The van der Waals surface area contributed by atoms with Crippen LogP contribution in [0.25, 0.3) is 0 Å². The quantitative estimate of drug-likeness (QED) is 0.927. The van der Waals surface area contributed by atoms with Crippen LogP contribution in [0.15, 0.2) is 12.1 Å². The monoisotopic (exact) mass is 289 g/mol. The Balaban J connectivity index is 3.08. The van der Waals surface area contributed by atoms with Crippen LogP contribution in [-0.2, 0) is 15.3 Å². The molecule has 2 unspecified atom stereocenters. The second kappa shape index (κ2) is 5.31. The van der Waals surface area contributed by atoms with Crippen LogP contribution in [0.5, 0.6) is 0 Å². The maximum Gasteiger partial charge on any atom is 0.151 e. The van der Waals surface area contributed by atoms with Crippen LogP contribution >= 0.6 is 11.3 Å². The molecule has 104 valence electrons. The predicted molar refractivity (Wildman–Crippen MR) is 79.1 cm³/mol. The third-order valence-corrected chi connectivity index (χ3v) is 6.35. The standard InChI is InChI=1S/C13H23NO2S2/c1-9(18(6,15)16)12(14-5)10-7-8-11(17-10)13(2,3)4/h7-9,12,14H,1-6H3. The Morgan fingerprint density at radius 2 is 1.83 bits per heavy atom. The molecule has 0 aliphatic heterocycles. The number of sulfone groups is 1. The van der Waals surface area contributed by atoms with Gasteiger partial charge in [-0.25, -0.2) is 8.42 Å². The van der Waals surface area contributed by atoms with Gasteiger partial charge in [0, 0.05) is 16.0 Å². The van der Waals surface area contributed by atoms with Crippen molar-refractivity contribution in [3.05, 3.63) is 21.9 Å². The first-order chi connectivity index (χ1) is 8.07. The molecule has 0 radical (unpaired) electrons. The number of hydrogen-bond donors (Lipinski definition) is 1. The van der Waals surface area contributed by atoms with Gasteiger partial charge >= 0.3 is 0 Å². The SMILES string of the molecule is CNC(c1ccc(C(C)(C)C)s1)C(C)S(C)(=O)=O. The van der Waals surface area contributed by atoms with Crippen LogP contribution in [0.1, 0.15) is 43.5 Å². The van der Waals surface area contributed by atoms with Crippen molar-refractivity contribution in [1.82, 2.24) is 5.32 Å². The molecular formula is C13H23NO2S2. The number of nitrogens with one attached hydrogen (secondary N) is 1. The molecule has 0 amide bonds. The maximum absolute atomic E-state index is 11.7. The van der Waals surface area contributed by atoms with E-state index in [0.717, 1.165) is 4.88 Å². The van der Waals surface area contributed by atoms with Gasteiger partial charge in [0.2, 0.25) is 0 Å². The van der Waals surface area contributed by atoms with Gasteiger partial charge in [0.15, 0.2) is 9.84 Å². The first-order valence-corrected chi connectivity index (χ1v) is 8.81. The third-order valence-electron chi connectivity index (χ3n) is 3.13. The summed E-state index contributed by atoms with van der Waals surface area (Å²) in [5, 5.41) is 2.70. The highest BCUT2D eigenvalue weighted by atomic mass is 32.2. The molecule has 2 atom stereocenters. The molecule has 0 aromatic carbocycles.